The molecule has 1 heterocycles. The second-order valence-corrected chi connectivity index (χ2v) is 5.77. The molecule has 0 bridgehead atoms. The van der Waals surface area contributed by atoms with Crippen molar-refractivity contribution in [2.45, 2.75) is 20.0 Å². The molecule has 0 N–H and O–H groups in total. The van der Waals surface area contributed by atoms with Crippen LogP contribution in [0.4, 0.5) is 0 Å². The van der Waals surface area contributed by atoms with Crippen molar-refractivity contribution < 1.29 is 9.53 Å². The Morgan fingerprint density at radius 3 is 2.64 bits per heavy atom. The predicted molar refractivity (Wildman–Crippen MR) is 87.0 cm³/mol. The standard InChI is InChI=1S/C19H21NO2/c1-14-7-6-10-17(15(14)2)19(21)20-11-12-22-18(13-20)16-8-4-3-5-9-16/h3-10,18H,11-13H2,1-2H3. The Morgan fingerprint density at radius 2 is 1.86 bits per heavy atom. The van der Waals surface area contributed by atoms with Gasteiger partial charge in [0, 0.05) is 12.1 Å². The minimum absolute atomic E-state index is 0.0379. The van der Waals surface area contributed by atoms with Gasteiger partial charge < -0.3 is 9.64 Å². The van der Waals surface area contributed by atoms with Crippen molar-refractivity contribution in [2.24, 2.45) is 0 Å². The van der Waals surface area contributed by atoms with Gasteiger partial charge in [0.15, 0.2) is 0 Å². The Balaban J connectivity index is 1.80. The second-order valence-electron chi connectivity index (χ2n) is 5.77. The molecule has 2 aromatic carbocycles. The molecule has 3 rings (SSSR count). The highest BCUT2D eigenvalue weighted by Crippen LogP contribution is 2.24. The summed E-state index contributed by atoms with van der Waals surface area (Å²) in [6, 6.07) is 16.0. The minimum atomic E-state index is -0.0379. The van der Waals surface area contributed by atoms with E-state index in [1.165, 1.54) is 0 Å². The number of morpholine rings is 1. The first-order valence-corrected chi connectivity index (χ1v) is 7.69. The molecule has 0 spiro atoms. The van der Waals surface area contributed by atoms with Gasteiger partial charge in [0.05, 0.1) is 13.2 Å². The van der Waals surface area contributed by atoms with Crippen LogP contribution in [0.2, 0.25) is 0 Å². The molecule has 1 aliphatic rings. The molecule has 3 nitrogen and oxygen atoms in total. The van der Waals surface area contributed by atoms with Gasteiger partial charge in [-0.3, -0.25) is 4.79 Å². The topological polar surface area (TPSA) is 29.5 Å². The van der Waals surface area contributed by atoms with Gasteiger partial charge in [0.2, 0.25) is 0 Å². The van der Waals surface area contributed by atoms with Crippen LogP contribution in [0.1, 0.15) is 33.2 Å². The Labute approximate surface area is 131 Å². The number of carbonyl (C=O) groups is 1. The maximum absolute atomic E-state index is 12.8. The van der Waals surface area contributed by atoms with Crippen molar-refractivity contribution in [1.29, 1.82) is 0 Å². The second kappa shape index (κ2) is 6.32. The molecule has 22 heavy (non-hydrogen) atoms. The van der Waals surface area contributed by atoms with Crippen molar-refractivity contribution >= 4 is 5.91 Å². The first kappa shape index (κ1) is 14.8. The molecule has 1 saturated heterocycles. The molecule has 3 heteroatoms. The zero-order valence-corrected chi connectivity index (χ0v) is 13.1. The number of rotatable bonds is 2. The smallest absolute Gasteiger partial charge is 0.254 e. The molecule has 1 amide bonds. The lowest BCUT2D eigenvalue weighted by Crippen LogP contribution is -2.42. The van der Waals surface area contributed by atoms with Crippen LogP contribution in [0.15, 0.2) is 48.5 Å². The van der Waals surface area contributed by atoms with Crippen molar-refractivity contribution in [1.82, 2.24) is 4.90 Å². The van der Waals surface area contributed by atoms with Crippen molar-refractivity contribution in [3.8, 4) is 0 Å². The number of aryl methyl sites for hydroxylation is 1. The number of amides is 1. The maximum atomic E-state index is 12.8. The Hall–Kier alpha value is -2.13. The van der Waals surface area contributed by atoms with Crippen molar-refractivity contribution in [2.75, 3.05) is 19.7 Å². The monoisotopic (exact) mass is 295 g/mol. The molecule has 1 unspecified atom stereocenters. The molecule has 1 fully saturated rings. The number of hydrogen-bond donors (Lipinski definition) is 0. The lowest BCUT2D eigenvalue weighted by atomic mass is 10.0. The van der Waals surface area contributed by atoms with E-state index in [1.54, 1.807) is 0 Å². The summed E-state index contributed by atoms with van der Waals surface area (Å²) in [5.41, 5.74) is 4.14. The van der Waals surface area contributed by atoms with E-state index in [2.05, 4.69) is 12.1 Å². The van der Waals surface area contributed by atoms with Crippen LogP contribution in [-0.2, 0) is 4.74 Å². The lowest BCUT2D eigenvalue weighted by molar-refractivity contribution is -0.0228. The minimum Gasteiger partial charge on any atom is -0.370 e. The van der Waals surface area contributed by atoms with Crippen molar-refractivity contribution in [3.05, 3.63) is 70.8 Å². The van der Waals surface area contributed by atoms with Crippen LogP contribution >= 0.6 is 0 Å². The fraction of sp³-hybridized carbons (Fsp3) is 0.316. The van der Waals surface area contributed by atoms with E-state index in [0.717, 1.165) is 22.3 Å². The Morgan fingerprint density at radius 1 is 1.09 bits per heavy atom. The molecule has 0 aliphatic carbocycles. The number of hydrogen-bond acceptors (Lipinski definition) is 2. The third kappa shape index (κ3) is 2.90. The highest BCUT2D eigenvalue weighted by molar-refractivity contribution is 5.96. The number of carbonyl (C=O) groups excluding carboxylic acids is 1. The number of ether oxygens (including phenoxy) is 1. The van der Waals surface area contributed by atoms with Gasteiger partial charge in [-0.2, -0.15) is 0 Å². The van der Waals surface area contributed by atoms with Crippen LogP contribution in [0.5, 0.6) is 0 Å². The number of nitrogens with zero attached hydrogens (tertiary/aromatic N) is 1. The Kier molecular flexibility index (Phi) is 4.25. The van der Waals surface area contributed by atoms with Crippen LogP contribution < -0.4 is 0 Å². The van der Waals surface area contributed by atoms with Crippen LogP contribution in [0.25, 0.3) is 0 Å². The lowest BCUT2D eigenvalue weighted by Gasteiger charge is -2.33. The third-order valence-electron chi connectivity index (χ3n) is 4.36. The zero-order chi connectivity index (χ0) is 15.5. The molecule has 0 saturated carbocycles. The van der Waals surface area contributed by atoms with E-state index in [1.807, 2.05) is 55.1 Å². The fourth-order valence-electron chi connectivity index (χ4n) is 2.86. The summed E-state index contributed by atoms with van der Waals surface area (Å²) in [4.78, 5) is 14.7. The van der Waals surface area contributed by atoms with Gasteiger partial charge in [0.1, 0.15) is 6.10 Å². The summed E-state index contributed by atoms with van der Waals surface area (Å²) in [5, 5.41) is 0. The van der Waals surface area contributed by atoms with Gasteiger partial charge in [-0.1, -0.05) is 42.5 Å². The number of benzene rings is 2. The first-order valence-electron chi connectivity index (χ1n) is 7.69. The van der Waals surface area contributed by atoms with Crippen LogP contribution in [0, 0.1) is 13.8 Å². The SMILES string of the molecule is Cc1cccc(C(=O)N2CCOC(c3ccccc3)C2)c1C. The summed E-state index contributed by atoms with van der Waals surface area (Å²) >= 11 is 0. The molecule has 1 aliphatic heterocycles. The van der Waals surface area contributed by atoms with Crippen LogP contribution in [0.3, 0.4) is 0 Å². The fourth-order valence-corrected chi connectivity index (χ4v) is 2.86. The summed E-state index contributed by atoms with van der Waals surface area (Å²) in [6.07, 6.45) is -0.0379. The highest BCUT2D eigenvalue weighted by Gasteiger charge is 2.26. The van der Waals surface area contributed by atoms with E-state index in [0.29, 0.717) is 19.7 Å². The molecule has 2 aromatic rings. The van der Waals surface area contributed by atoms with Crippen LogP contribution in [-0.4, -0.2) is 30.5 Å². The molecular formula is C19H21NO2. The van der Waals surface area contributed by atoms with E-state index >= 15 is 0 Å². The molecule has 0 radical (unpaired) electrons. The van der Waals surface area contributed by atoms with E-state index in [9.17, 15) is 4.79 Å². The average molecular weight is 295 g/mol. The summed E-state index contributed by atoms with van der Waals surface area (Å²) in [7, 11) is 0. The first-order chi connectivity index (χ1) is 10.7. The zero-order valence-electron chi connectivity index (χ0n) is 13.1. The largest absolute Gasteiger partial charge is 0.370 e. The van der Waals surface area contributed by atoms with Gasteiger partial charge in [0.25, 0.3) is 5.91 Å². The van der Waals surface area contributed by atoms with Gasteiger partial charge in [-0.15, -0.1) is 0 Å². The van der Waals surface area contributed by atoms with Gasteiger partial charge >= 0.3 is 0 Å². The molecular weight excluding hydrogens is 274 g/mol. The van der Waals surface area contributed by atoms with E-state index < -0.39 is 0 Å². The van der Waals surface area contributed by atoms with E-state index in [4.69, 9.17) is 4.74 Å². The predicted octanol–water partition coefficient (Wildman–Crippen LogP) is 3.52. The third-order valence-corrected chi connectivity index (χ3v) is 4.36. The van der Waals surface area contributed by atoms with E-state index in [-0.39, 0.29) is 12.0 Å². The maximum Gasteiger partial charge on any atom is 0.254 e. The summed E-state index contributed by atoms with van der Waals surface area (Å²) < 4.78 is 5.84. The highest BCUT2D eigenvalue weighted by atomic mass is 16.5. The van der Waals surface area contributed by atoms with Crippen molar-refractivity contribution in [3.63, 3.8) is 0 Å². The normalized spacial score (nSPS) is 18.3. The Bertz CT molecular complexity index is 666. The van der Waals surface area contributed by atoms with Gasteiger partial charge in [-0.25, -0.2) is 0 Å². The molecule has 0 aromatic heterocycles. The summed E-state index contributed by atoms with van der Waals surface area (Å²) in [6.45, 7) is 5.89. The molecule has 1 atom stereocenters. The quantitative estimate of drug-likeness (QED) is 0.848. The average Bonchev–Trinajstić information content (AvgIpc) is 2.58. The molecule has 114 valence electrons. The summed E-state index contributed by atoms with van der Waals surface area (Å²) in [5.74, 6) is 0.102. The van der Waals surface area contributed by atoms with Gasteiger partial charge in [-0.05, 0) is 36.6 Å².